The summed E-state index contributed by atoms with van der Waals surface area (Å²) < 4.78 is 61.5. The highest BCUT2D eigenvalue weighted by molar-refractivity contribution is 6.00. The molecule has 0 fully saturated rings. The summed E-state index contributed by atoms with van der Waals surface area (Å²) in [5.41, 5.74) is -1.78. The molecule has 170 valence electrons. The first kappa shape index (κ1) is 22.3. The fraction of sp³-hybridized carbons (Fsp3) is 0.130. The number of rotatable bonds is 5. The van der Waals surface area contributed by atoms with Crippen molar-refractivity contribution in [3.63, 3.8) is 0 Å². The summed E-state index contributed by atoms with van der Waals surface area (Å²) in [6, 6.07) is 7.27. The first-order valence-electron chi connectivity index (χ1n) is 9.71. The topological polar surface area (TPSA) is 97.4 Å². The van der Waals surface area contributed by atoms with Gasteiger partial charge in [0.15, 0.2) is 34.3 Å². The summed E-state index contributed by atoms with van der Waals surface area (Å²) >= 11 is 0. The van der Waals surface area contributed by atoms with Crippen LogP contribution in [-0.4, -0.2) is 32.9 Å². The van der Waals surface area contributed by atoms with E-state index in [1.165, 1.54) is 12.1 Å². The van der Waals surface area contributed by atoms with Gasteiger partial charge in [0.25, 0.3) is 5.82 Å². The van der Waals surface area contributed by atoms with Gasteiger partial charge in [-0.15, -0.1) is 0 Å². The molecule has 0 atom stereocenters. The largest absolute Gasteiger partial charge is 0.508 e. The predicted octanol–water partition coefficient (Wildman–Crippen LogP) is 4.05. The number of aliphatic hydroxyl groups is 1. The zero-order valence-electron chi connectivity index (χ0n) is 17.1. The second kappa shape index (κ2) is 8.21. The van der Waals surface area contributed by atoms with Crippen LogP contribution < -0.4 is 4.57 Å². The summed E-state index contributed by atoms with van der Waals surface area (Å²) in [4.78, 5) is 14.4. The van der Waals surface area contributed by atoms with E-state index in [1.807, 2.05) is 0 Å². The van der Waals surface area contributed by atoms with Crippen molar-refractivity contribution in [3.05, 3.63) is 70.8 Å². The molecular weight excluding hydrogens is 444 g/mol. The summed E-state index contributed by atoms with van der Waals surface area (Å²) in [5.74, 6) is -8.73. The molecule has 0 saturated heterocycles. The van der Waals surface area contributed by atoms with E-state index in [9.17, 15) is 20.1 Å². The number of nitrogens with zero attached hydrogens (tertiary/aromatic N) is 1. The molecule has 0 aliphatic carbocycles. The number of hydrogen-bond acceptors (Lipinski definition) is 3. The molecule has 0 aliphatic rings. The van der Waals surface area contributed by atoms with Gasteiger partial charge in [0.05, 0.1) is 12.2 Å². The van der Waals surface area contributed by atoms with Crippen molar-refractivity contribution in [2.45, 2.75) is 13.5 Å². The highest BCUT2D eigenvalue weighted by Gasteiger charge is 2.35. The second-order valence-corrected chi connectivity index (χ2v) is 7.42. The number of aromatic hydroxyl groups is 1. The lowest BCUT2D eigenvalue weighted by Gasteiger charge is -2.11. The minimum Gasteiger partial charge on any atom is -0.508 e. The van der Waals surface area contributed by atoms with Crippen LogP contribution in [0.1, 0.15) is 15.9 Å². The molecule has 0 aliphatic heterocycles. The van der Waals surface area contributed by atoms with Gasteiger partial charge in [-0.25, -0.2) is 31.9 Å². The van der Waals surface area contributed by atoms with E-state index < -0.39 is 52.8 Å². The molecule has 1 heterocycles. The number of imidazole rings is 1. The standard InChI is InChI=1S/C23H16F4N2O4/c1-10-8-13(23(32)33)21-14(9-10)28-22(29(21)6-7-30)16-19(26)17(24)15(18(25)20(16)27)11-2-4-12(31)5-3-11/h2-5,8-9,30H,6-7H2,1H3,(H2,28,31,32,33)/p+1. The highest BCUT2D eigenvalue weighted by Crippen LogP contribution is 2.37. The van der Waals surface area contributed by atoms with Crippen LogP contribution in [0.3, 0.4) is 0 Å². The lowest BCUT2D eigenvalue weighted by atomic mass is 10.0. The number of phenolic OH excluding ortho intramolecular Hbond substituents is 1. The number of aromatic nitrogens is 2. The molecule has 0 bridgehead atoms. The van der Waals surface area contributed by atoms with E-state index in [0.29, 0.717) is 5.56 Å². The lowest BCUT2D eigenvalue weighted by molar-refractivity contribution is -0.661. The molecular formula is C23H17F4N2O4+. The number of benzene rings is 3. The molecule has 0 spiro atoms. The zero-order chi connectivity index (χ0) is 24.0. The monoisotopic (exact) mass is 461 g/mol. The maximum atomic E-state index is 15.2. The third kappa shape index (κ3) is 3.58. The van der Waals surface area contributed by atoms with E-state index in [2.05, 4.69) is 4.98 Å². The van der Waals surface area contributed by atoms with Gasteiger partial charge in [-0.3, -0.25) is 0 Å². The van der Waals surface area contributed by atoms with Crippen molar-refractivity contribution in [2.75, 3.05) is 6.61 Å². The van der Waals surface area contributed by atoms with E-state index >= 15 is 17.6 Å². The van der Waals surface area contributed by atoms with Crippen molar-refractivity contribution in [1.29, 1.82) is 0 Å². The number of nitrogens with one attached hydrogen (secondary N) is 1. The molecule has 33 heavy (non-hydrogen) atoms. The Kier molecular flexibility index (Phi) is 5.54. The van der Waals surface area contributed by atoms with Crippen LogP contribution in [0.4, 0.5) is 17.6 Å². The fourth-order valence-electron chi connectivity index (χ4n) is 3.88. The second-order valence-electron chi connectivity index (χ2n) is 7.42. The number of aromatic amines is 1. The summed E-state index contributed by atoms with van der Waals surface area (Å²) in [6.07, 6.45) is 0. The van der Waals surface area contributed by atoms with Crippen molar-refractivity contribution in [1.82, 2.24) is 4.98 Å². The zero-order valence-corrected chi connectivity index (χ0v) is 17.1. The summed E-state index contributed by atoms with van der Waals surface area (Å²) in [7, 11) is 0. The number of aromatic carboxylic acids is 1. The maximum absolute atomic E-state index is 15.2. The Labute approximate surface area is 184 Å². The molecule has 4 rings (SSSR count). The molecule has 3 aromatic carbocycles. The van der Waals surface area contributed by atoms with Crippen molar-refractivity contribution in [2.24, 2.45) is 0 Å². The average molecular weight is 461 g/mol. The van der Waals surface area contributed by atoms with Gasteiger partial charge < -0.3 is 15.3 Å². The third-order valence-electron chi connectivity index (χ3n) is 5.26. The van der Waals surface area contributed by atoms with Gasteiger partial charge in [-0.1, -0.05) is 12.1 Å². The number of hydrogen-bond donors (Lipinski definition) is 4. The number of carboxylic acids is 1. The molecule has 10 heteroatoms. The van der Waals surface area contributed by atoms with Crippen LogP contribution >= 0.6 is 0 Å². The normalized spacial score (nSPS) is 11.3. The lowest BCUT2D eigenvalue weighted by Crippen LogP contribution is -2.38. The first-order chi connectivity index (χ1) is 15.6. The highest BCUT2D eigenvalue weighted by atomic mass is 19.2. The van der Waals surface area contributed by atoms with Crippen LogP contribution in [0.2, 0.25) is 0 Å². The predicted molar refractivity (Wildman–Crippen MR) is 110 cm³/mol. The molecule has 0 saturated carbocycles. The van der Waals surface area contributed by atoms with E-state index in [0.717, 1.165) is 28.8 Å². The number of H-pyrrole nitrogens is 1. The minimum absolute atomic E-state index is 0.000576. The molecule has 4 N–H and O–H groups in total. The molecule has 6 nitrogen and oxygen atoms in total. The van der Waals surface area contributed by atoms with Crippen molar-refractivity contribution in [3.8, 4) is 28.3 Å². The van der Waals surface area contributed by atoms with Gasteiger partial charge >= 0.3 is 5.97 Å². The quantitative estimate of drug-likeness (QED) is 0.205. The number of aryl methyl sites for hydroxylation is 1. The van der Waals surface area contributed by atoms with E-state index in [1.54, 1.807) is 6.92 Å². The fourth-order valence-corrected chi connectivity index (χ4v) is 3.88. The number of carbonyl (C=O) groups is 1. The van der Waals surface area contributed by atoms with Crippen LogP contribution in [0.5, 0.6) is 5.75 Å². The van der Waals surface area contributed by atoms with Crippen molar-refractivity contribution < 1.29 is 42.2 Å². The average Bonchev–Trinajstić information content (AvgIpc) is 3.11. The number of halogens is 4. The van der Waals surface area contributed by atoms with Crippen LogP contribution in [0, 0.1) is 30.2 Å². The van der Waals surface area contributed by atoms with E-state index in [-0.39, 0.29) is 34.5 Å². The summed E-state index contributed by atoms with van der Waals surface area (Å²) in [5, 5.41) is 28.4. The van der Waals surface area contributed by atoms with Crippen molar-refractivity contribution >= 4 is 17.0 Å². The number of fused-ring (bicyclic) bond motifs is 1. The Balaban J connectivity index is 2.06. The molecule has 0 radical (unpaired) electrons. The van der Waals surface area contributed by atoms with Crippen LogP contribution in [0.25, 0.3) is 33.5 Å². The first-order valence-corrected chi connectivity index (χ1v) is 9.71. The Morgan fingerprint density at radius 3 is 2.09 bits per heavy atom. The molecule has 0 amide bonds. The Bertz CT molecular complexity index is 1390. The summed E-state index contributed by atoms with van der Waals surface area (Å²) in [6.45, 7) is 0.758. The third-order valence-corrected chi connectivity index (χ3v) is 5.26. The number of carboxylic acid groups (broad SMARTS) is 1. The molecule has 4 aromatic rings. The number of phenols is 1. The SMILES string of the molecule is Cc1cc(C(=O)O)c2c(c1)[nH]c(-c1c(F)c(F)c(-c3ccc(O)cc3)c(F)c1F)[n+]2CCO. The van der Waals surface area contributed by atoms with Gasteiger partial charge in [0, 0.05) is 0 Å². The van der Waals surface area contributed by atoms with Gasteiger partial charge in [0.2, 0.25) is 0 Å². The minimum atomic E-state index is -1.70. The molecule has 1 aromatic heterocycles. The molecule has 0 unspecified atom stereocenters. The Morgan fingerprint density at radius 1 is 0.970 bits per heavy atom. The van der Waals surface area contributed by atoms with Crippen LogP contribution in [0.15, 0.2) is 36.4 Å². The smallest absolute Gasteiger partial charge is 0.340 e. The van der Waals surface area contributed by atoms with Gasteiger partial charge in [-0.05, 0) is 42.3 Å². The number of aliphatic hydroxyl groups excluding tert-OH is 1. The van der Waals surface area contributed by atoms with Gasteiger partial charge in [-0.2, -0.15) is 0 Å². The van der Waals surface area contributed by atoms with Gasteiger partial charge in [0.1, 0.15) is 23.4 Å². The van der Waals surface area contributed by atoms with Crippen LogP contribution in [-0.2, 0) is 6.54 Å². The maximum Gasteiger partial charge on any atom is 0.340 e. The van der Waals surface area contributed by atoms with E-state index in [4.69, 9.17) is 0 Å². The Hall–Kier alpha value is -3.92. The Morgan fingerprint density at radius 2 is 1.55 bits per heavy atom.